The van der Waals surface area contributed by atoms with E-state index in [9.17, 15) is 18.0 Å². The van der Waals surface area contributed by atoms with E-state index in [1.165, 1.54) is 23.0 Å². The van der Waals surface area contributed by atoms with E-state index in [1.807, 2.05) is 35.6 Å². The van der Waals surface area contributed by atoms with Gasteiger partial charge in [0, 0.05) is 11.8 Å². The van der Waals surface area contributed by atoms with Crippen LogP contribution in [0.1, 0.15) is 10.4 Å². The van der Waals surface area contributed by atoms with Crippen LogP contribution in [0.4, 0.5) is 13.2 Å². The van der Waals surface area contributed by atoms with Crippen LogP contribution in [0.3, 0.4) is 0 Å². The highest BCUT2D eigenvalue weighted by atomic mass is 19.4. The molecule has 2 heterocycles. The zero-order valence-electron chi connectivity index (χ0n) is 11.7. The molecule has 2 aromatic heterocycles. The second-order valence-corrected chi connectivity index (χ2v) is 4.84. The molecule has 118 valence electrons. The summed E-state index contributed by atoms with van der Waals surface area (Å²) >= 11 is 0. The number of nitrogens with one attached hydrogen (secondary N) is 1. The number of aromatic nitrogens is 3. The van der Waals surface area contributed by atoms with Crippen molar-refractivity contribution in [2.24, 2.45) is 0 Å². The molecule has 0 unspecified atom stereocenters. The number of carbonyl (C=O) groups is 1. The van der Waals surface area contributed by atoms with E-state index in [0.717, 1.165) is 5.56 Å². The lowest BCUT2D eigenvalue weighted by atomic mass is 10.2. The highest BCUT2D eigenvalue weighted by Crippen LogP contribution is 2.16. The van der Waals surface area contributed by atoms with Crippen LogP contribution in [-0.4, -0.2) is 33.2 Å². The van der Waals surface area contributed by atoms with Crippen molar-refractivity contribution in [1.29, 1.82) is 0 Å². The summed E-state index contributed by atoms with van der Waals surface area (Å²) in [6, 6.07) is 10.6. The van der Waals surface area contributed by atoms with Crippen molar-refractivity contribution < 1.29 is 18.0 Å². The Bertz CT molecular complexity index is 843. The number of alkyl halides is 3. The van der Waals surface area contributed by atoms with Crippen molar-refractivity contribution in [3.63, 3.8) is 0 Å². The van der Waals surface area contributed by atoms with Crippen molar-refractivity contribution in [3.05, 3.63) is 54.4 Å². The predicted octanol–water partition coefficient (Wildman–Crippen LogP) is 2.69. The first-order valence-corrected chi connectivity index (χ1v) is 6.68. The minimum atomic E-state index is -4.45. The molecule has 1 aromatic carbocycles. The van der Waals surface area contributed by atoms with Crippen LogP contribution < -0.4 is 5.32 Å². The largest absolute Gasteiger partial charge is 0.405 e. The summed E-state index contributed by atoms with van der Waals surface area (Å²) in [6.07, 6.45) is -1.57. The third kappa shape index (κ3) is 3.47. The second kappa shape index (κ2) is 5.71. The molecule has 0 atom stereocenters. The maximum Gasteiger partial charge on any atom is 0.405 e. The summed E-state index contributed by atoms with van der Waals surface area (Å²) in [5.74, 6) is -0.356. The molecule has 1 amide bonds. The number of fused-ring (bicyclic) bond motifs is 1. The van der Waals surface area contributed by atoms with E-state index in [-0.39, 0.29) is 5.56 Å². The van der Waals surface area contributed by atoms with Crippen LogP contribution in [0.2, 0.25) is 0 Å². The first-order chi connectivity index (χ1) is 10.9. The van der Waals surface area contributed by atoms with Crippen LogP contribution in [0.5, 0.6) is 0 Å². The number of benzene rings is 1. The molecule has 0 spiro atoms. The van der Waals surface area contributed by atoms with E-state index < -0.39 is 18.6 Å². The van der Waals surface area contributed by atoms with E-state index in [4.69, 9.17) is 0 Å². The Hall–Kier alpha value is -2.90. The molecule has 5 nitrogen and oxygen atoms in total. The Morgan fingerprint density at radius 1 is 1.22 bits per heavy atom. The number of nitrogens with zero attached hydrogens (tertiary/aromatic N) is 3. The summed E-state index contributed by atoms with van der Waals surface area (Å²) in [6.45, 7) is -1.38. The van der Waals surface area contributed by atoms with Crippen molar-refractivity contribution in [2.75, 3.05) is 6.54 Å². The average Bonchev–Trinajstić information content (AvgIpc) is 2.96. The van der Waals surface area contributed by atoms with E-state index in [2.05, 4.69) is 10.1 Å². The third-order valence-corrected chi connectivity index (χ3v) is 3.09. The highest BCUT2D eigenvalue weighted by Gasteiger charge is 2.28. The lowest BCUT2D eigenvalue weighted by molar-refractivity contribution is -0.123. The zero-order chi connectivity index (χ0) is 16.4. The Kier molecular flexibility index (Phi) is 3.73. The normalized spacial score (nSPS) is 11.6. The van der Waals surface area contributed by atoms with Gasteiger partial charge in [-0.15, -0.1) is 5.10 Å². The lowest BCUT2D eigenvalue weighted by Gasteiger charge is -2.06. The Morgan fingerprint density at radius 3 is 2.65 bits per heavy atom. The minimum absolute atomic E-state index is 0.0914. The van der Waals surface area contributed by atoms with Gasteiger partial charge in [-0.25, -0.2) is 9.50 Å². The van der Waals surface area contributed by atoms with Gasteiger partial charge in [0.1, 0.15) is 6.54 Å². The number of amides is 1. The van der Waals surface area contributed by atoms with Gasteiger partial charge in [0.15, 0.2) is 5.82 Å². The van der Waals surface area contributed by atoms with E-state index in [1.54, 1.807) is 0 Å². The van der Waals surface area contributed by atoms with Crippen LogP contribution in [-0.2, 0) is 0 Å². The first-order valence-electron chi connectivity index (χ1n) is 6.68. The van der Waals surface area contributed by atoms with Gasteiger partial charge < -0.3 is 5.32 Å². The van der Waals surface area contributed by atoms with Crippen LogP contribution in [0.25, 0.3) is 16.9 Å². The summed E-state index contributed by atoms with van der Waals surface area (Å²) in [4.78, 5) is 15.9. The fraction of sp³-hybridized carbons (Fsp3) is 0.133. The molecular formula is C15H11F3N4O. The van der Waals surface area contributed by atoms with Gasteiger partial charge in [-0.2, -0.15) is 13.2 Å². The monoisotopic (exact) mass is 320 g/mol. The van der Waals surface area contributed by atoms with Gasteiger partial charge in [-0.05, 0) is 6.07 Å². The number of carbonyl (C=O) groups excluding carboxylic acids is 1. The molecule has 0 saturated carbocycles. The lowest BCUT2D eigenvalue weighted by Crippen LogP contribution is -2.33. The number of hydrogen-bond donors (Lipinski definition) is 1. The van der Waals surface area contributed by atoms with E-state index >= 15 is 0 Å². The summed E-state index contributed by atoms with van der Waals surface area (Å²) in [5.41, 5.74) is 1.40. The molecule has 3 aromatic rings. The molecule has 23 heavy (non-hydrogen) atoms. The molecule has 1 N–H and O–H groups in total. The maximum atomic E-state index is 12.1. The fourth-order valence-corrected chi connectivity index (χ4v) is 2.03. The predicted molar refractivity (Wildman–Crippen MR) is 76.8 cm³/mol. The van der Waals surface area contributed by atoms with Crippen molar-refractivity contribution >= 4 is 11.4 Å². The third-order valence-electron chi connectivity index (χ3n) is 3.09. The Labute approximate surface area is 128 Å². The number of halogens is 3. The molecule has 0 aliphatic rings. The van der Waals surface area contributed by atoms with Gasteiger partial charge in [0.2, 0.25) is 0 Å². The summed E-state index contributed by atoms with van der Waals surface area (Å²) in [5, 5.41) is 6.08. The van der Waals surface area contributed by atoms with Gasteiger partial charge in [0.25, 0.3) is 5.91 Å². The van der Waals surface area contributed by atoms with Gasteiger partial charge in [-0.1, -0.05) is 30.3 Å². The molecule has 0 radical (unpaired) electrons. The summed E-state index contributed by atoms with van der Waals surface area (Å²) < 4.78 is 37.8. The SMILES string of the molecule is O=C(NCC(F)(F)F)c1cc2cnc(-c3ccccc3)nn2c1. The molecule has 0 fully saturated rings. The molecule has 0 aliphatic carbocycles. The standard InChI is InChI=1S/C15H11F3N4O/c16-15(17,18)9-20-14(23)11-6-12-7-19-13(21-22(12)8-11)10-4-2-1-3-5-10/h1-8H,9H2,(H,20,23). The topological polar surface area (TPSA) is 59.3 Å². The van der Waals surface area contributed by atoms with Crippen LogP contribution in [0.15, 0.2) is 48.8 Å². The van der Waals surface area contributed by atoms with Crippen LogP contribution in [0, 0.1) is 0 Å². The van der Waals surface area contributed by atoms with Crippen LogP contribution >= 0.6 is 0 Å². The quantitative estimate of drug-likeness (QED) is 0.807. The molecule has 0 aliphatic heterocycles. The maximum absolute atomic E-state index is 12.1. The number of rotatable bonds is 3. The molecule has 8 heteroatoms. The highest BCUT2D eigenvalue weighted by molar-refractivity contribution is 5.95. The Morgan fingerprint density at radius 2 is 1.96 bits per heavy atom. The van der Waals surface area contributed by atoms with Gasteiger partial charge in [0.05, 0.1) is 17.3 Å². The fourth-order valence-electron chi connectivity index (χ4n) is 2.03. The average molecular weight is 320 g/mol. The Balaban J connectivity index is 1.86. The van der Waals surface area contributed by atoms with E-state index in [0.29, 0.717) is 11.3 Å². The van der Waals surface area contributed by atoms with Crippen molar-refractivity contribution in [1.82, 2.24) is 19.9 Å². The molecule has 0 saturated heterocycles. The smallest absolute Gasteiger partial charge is 0.343 e. The first kappa shape index (κ1) is 15.0. The molecule has 0 bridgehead atoms. The second-order valence-electron chi connectivity index (χ2n) is 4.84. The van der Waals surface area contributed by atoms with Crippen molar-refractivity contribution in [3.8, 4) is 11.4 Å². The van der Waals surface area contributed by atoms with Gasteiger partial charge >= 0.3 is 6.18 Å². The minimum Gasteiger partial charge on any atom is -0.343 e. The molecule has 3 rings (SSSR count). The zero-order valence-corrected chi connectivity index (χ0v) is 11.7. The number of hydrogen-bond acceptors (Lipinski definition) is 3. The molecular weight excluding hydrogens is 309 g/mol. The summed E-state index contributed by atoms with van der Waals surface area (Å²) in [7, 11) is 0. The van der Waals surface area contributed by atoms with Crippen molar-refractivity contribution in [2.45, 2.75) is 6.18 Å². The van der Waals surface area contributed by atoms with Gasteiger partial charge in [-0.3, -0.25) is 4.79 Å².